The van der Waals surface area contributed by atoms with Crippen molar-refractivity contribution in [3.8, 4) is 10.4 Å². The highest BCUT2D eigenvalue weighted by Gasteiger charge is 2.44. The van der Waals surface area contributed by atoms with Crippen molar-refractivity contribution in [3.63, 3.8) is 0 Å². The molecule has 1 fully saturated rings. The summed E-state index contributed by atoms with van der Waals surface area (Å²) in [5, 5.41) is 26.7. The third kappa shape index (κ3) is 11.6. The Morgan fingerprint density at radius 3 is 2.28 bits per heavy atom. The van der Waals surface area contributed by atoms with Crippen LogP contribution in [-0.2, 0) is 35.1 Å². The number of aromatic nitrogens is 1. The van der Waals surface area contributed by atoms with E-state index in [0.717, 1.165) is 21.7 Å². The molecule has 1 aliphatic heterocycles. The fourth-order valence-electron chi connectivity index (χ4n) is 4.82. The molecule has 2 heterocycles. The molecule has 2 aromatic rings. The summed E-state index contributed by atoms with van der Waals surface area (Å²) in [6, 6.07) is 5.98. The maximum absolute atomic E-state index is 13.7. The van der Waals surface area contributed by atoms with Gasteiger partial charge in [0, 0.05) is 26.1 Å². The third-order valence-electron chi connectivity index (χ3n) is 7.21. The van der Waals surface area contributed by atoms with Gasteiger partial charge in [0.15, 0.2) is 0 Å². The van der Waals surface area contributed by atoms with E-state index in [0.29, 0.717) is 0 Å². The monoisotopic (exact) mass is 663 g/mol. The highest BCUT2D eigenvalue weighted by atomic mass is 32.1. The lowest BCUT2D eigenvalue weighted by atomic mass is 9.85. The SMILES string of the molecule is Cc1ncsc1-c1ccc(CNC(=O)[C@@H]2C[C@@H](O)CN2C(=O)C(NC(=O)COCCOCCOCCNC(=O)O)C(C)(C)C)cc1. The number of ether oxygens (including phenoxy) is 3. The first-order valence-corrected chi connectivity index (χ1v) is 16.0. The van der Waals surface area contributed by atoms with Crippen LogP contribution in [0.15, 0.2) is 29.8 Å². The molecule has 15 heteroatoms. The largest absolute Gasteiger partial charge is 0.465 e. The second-order valence-corrected chi connectivity index (χ2v) is 12.8. The Balaban J connectivity index is 1.45. The van der Waals surface area contributed by atoms with E-state index in [9.17, 15) is 24.3 Å². The lowest BCUT2D eigenvalue weighted by Crippen LogP contribution is -2.58. The molecule has 1 saturated heterocycles. The van der Waals surface area contributed by atoms with E-state index in [1.807, 2.05) is 52.0 Å². The molecule has 0 saturated carbocycles. The lowest BCUT2D eigenvalue weighted by molar-refractivity contribution is -0.144. The Labute approximate surface area is 272 Å². The van der Waals surface area contributed by atoms with E-state index >= 15 is 0 Å². The van der Waals surface area contributed by atoms with Gasteiger partial charge in [0.05, 0.1) is 55.2 Å². The number of hydrogen-bond donors (Lipinski definition) is 5. The van der Waals surface area contributed by atoms with Crippen LogP contribution in [0, 0.1) is 12.3 Å². The van der Waals surface area contributed by atoms with E-state index in [-0.39, 0.29) is 71.6 Å². The van der Waals surface area contributed by atoms with Gasteiger partial charge in [0.25, 0.3) is 0 Å². The number of hydrogen-bond acceptors (Lipinski definition) is 10. The van der Waals surface area contributed by atoms with Crippen LogP contribution >= 0.6 is 11.3 Å². The zero-order valence-corrected chi connectivity index (χ0v) is 27.6. The normalized spacial score (nSPS) is 17.0. The van der Waals surface area contributed by atoms with Gasteiger partial charge in [-0.3, -0.25) is 14.4 Å². The summed E-state index contributed by atoms with van der Waals surface area (Å²) < 4.78 is 16.0. The number of aryl methyl sites for hydroxylation is 1. The minimum Gasteiger partial charge on any atom is -0.465 e. The summed E-state index contributed by atoms with van der Waals surface area (Å²) in [5.74, 6) is -1.33. The van der Waals surface area contributed by atoms with Crippen molar-refractivity contribution >= 4 is 35.2 Å². The average Bonchev–Trinajstić information content (AvgIpc) is 3.61. The Morgan fingerprint density at radius 2 is 1.67 bits per heavy atom. The van der Waals surface area contributed by atoms with Crippen molar-refractivity contribution in [2.75, 3.05) is 52.7 Å². The van der Waals surface area contributed by atoms with Crippen LogP contribution in [0.5, 0.6) is 0 Å². The predicted molar refractivity (Wildman–Crippen MR) is 170 cm³/mol. The highest BCUT2D eigenvalue weighted by Crippen LogP contribution is 2.28. The summed E-state index contributed by atoms with van der Waals surface area (Å²) in [6.07, 6.45) is -1.88. The highest BCUT2D eigenvalue weighted by molar-refractivity contribution is 7.13. The Kier molecular flexibility index (Phi) is 14.3. The Hall–Kier alpha value is -3.63. The molecule has 0 bridgehead atoms. The van der Waals surface area contributed by atoms with Crippen LogP contribution in [0.2, 0.25) is 0 Å². The van der Waals surface area contributed by atoms with E-state index in [4.69, 9.17) is 19.3 Å². The number of amides is 4. The molecule has 4 amide bonds. The topological polar surface area (TPSA) is 189 Å². The molecular formula is C31H45N5O9S. The number of likely N-dealkylation sites (tertiary alicyclic amines) is 1. The van der Waals surface area contributed by atoms with Gasteiger partial charge in [-0.25, -0.2) is 9.78 Å². The summed E-state index contributed by atoms with van der Waals surface area (Å²) in [5.41, 5.74) is 4.01. The molecule has 254 valence electrons. The van der Waals surface area contributed by atoms with Crippen LogP contribution in [0.1, 0.15) is 38.4 Å². The summed E-state index contributed by atoms with van der Waals surface area (Å²) in [6.45, 7) is 8.64. The molecule has 1 aromatic heterocycles. The number of rotatable bonds is 17. The molecule has 1 aromatic carbocycles. The van der Waals surface area contributed by atoms with Crippen molar-refractivity contribution < 1.29 is 43.6 Å². The van der Waals surface area contributed by atoms with E-state index in [1.54, 1.807) is 16.8 Å². The molecule has 1 aliphatic rings. The zero-order chi connectivity index (χ0) is 33.7. The molecule has 46 heavy (non-hydrogen) atoms. The molecule has 0 radical (unpaired) electrons. The molecule has 0 aliphatic carbocycles. The third-order valence-corrected chi connectivity index (χ3v) is 8.19. The number of carboxylic acid groups (broad SMARTS) is 1. The molecule has 0 spiro atoms. The molecule has 3 rings (SSSR count). The average molecular weight is 664 g/mol. The summed E-state index contributed by atoms with van der Waals surface area (Å²) in [4.78, 5) is 56.8. The first-order chi connectivity index (χ1) is 21.9. The number of aliphatic hydroxyl groups excluding tert-OH is 1. The number of carbonyl (C=O) groups excluding carboxylic acids is 3. The van der Waals surface area contributed by atoms with Crippen molar-refractivity contribution in [3.05, 3.63) is 41.0 Å². The van der Waals surface area contributed by atoms with Crippen molar-refractivity contribution in [1.29, 1.82) is 0 Å². The van der Waals surface area contributed by atoms with Gasteiger partial charge in [-0.1, -0.05) is 45.0 Å². The Bertz CT molecular complexity index is 1300. The molecule has 5 N–H and O–H groups in total. The van der Waals surface area contributed by atoms with Gasteiger partial charge in [-0.05, 0) is 23.5 Å². The fourth-order valence-corrected chi connectivity index (χ4v) is 5.63. The fraction of sp³-hybridized carbons (Fsp3) is 0.581. The zero-order valence-electron chi connectivity index (χ0n) is 26.7. The van der Waals surface area contributed by atoms with Gasteiger partial charge in [-0.15, -0.1) is 11.3 Å². The number of nitrogens with zero attached hydrogens (tertiary/aromatic N) is 2. The smallest absolute Gasteiger partial charge is 0.404 e. The van der Waals surface area contributed by atoms with E-state index in [2.05, 4.69) is 20.9 Å². The van der Waals surface area contributed by atoms with Gasteiger partial charge in [0.2, 0.25) is 17.7 Å². The second-order valence-electron chi connectivity index (χ2n) is 12.0. The van der Waals surface area contributed by atoms with Crippen LogP contribution in [0.25, 0.3) is 10.4 Å². The van der Waals surface area contributed by atoms with Crippen molar-refractivity contribution in [1.82, 2.24) is 25.8 Å². The number of carbonyl (C=O) groups is 4. The van der Waals surface area contributed by atoms with Crippen molar-refractivity contribution in [2.24, 2.45) is 5.41 Å². The van der Waals surface area contributed by atoms with Gasteiger partial charge in [-0.2, -0.15) is 0 Å². The Morgan fingerprint density at radius 1 is 1.02 bits per heavy atom. The van der Waals surface area contributed by atoms with Gasteiger partial charge < -0.3 is 45.3 Å². The standard InChI is InChI=1S/C31H45N5O9S/c1-20-26(46-19-34-20)22-7-5-21(6-8-22)16-33-28(39)24-15-23(37)17-36(24)29(40)27(31(2,3)4)35-25(38)18-45-14-13-44-12-11-43-10-9-32-30(41)42/h5-8,19,23-24,27,32,37H,9-18H2,1-4H3,(H,33,39)(H,35,38)(H,41,42)/t23-,24+,27?/m1/s1. The first-order valence-electron chi connectivity index (χ1n) is 15.1. The van der Waals surface area contributed by atoms with Crippen LogP contribution in [0.4, 0.5) is 4.79 Å². The van der Waals surface area contributed by atoms with Crippen molar-refractivity contribution in [2.45, 2.75) is 58.8 Å². The quantitative estimate of drug-likeness (QED) is 0.155. The van der Waals surface area contributed by atoms with Crippen LogP contribution in [0.3, 0.4) is 0 Å². The molecule has 1 unspecified atom stereocenters. The van der Waals surface area contributed by atoms with Crippen LogP contribution < -0.4 is 16.0 Å². The van der Waals surface area contributed by atoms with Gasteiger partial charge in [0.1, 0.15) is 18.7 Å². The van der Waals surface area contributed by atoms with Gasteiger partial charge >= 0.3 is 6.09 Å². The molecule has 14 nitrogen and oxygen atoms in total. The lowest BCUT2D eigenvalue weighted by Gasteiger charge is -2.35. The second kappa shape index (κ2) is 17.9. The minimum absolute atomic E-state index is 0.0180. The summed E-state index contributed by atoms with van der Waals surface area (Å²) >= 11 is 1.57. The number of thiazole rings is 1. The number of β-amino-alcohol motifs (C(OH)–C–C–N with tert-alkyl or cyclic N) is 1. The molecule has 3 atom stereocenters. The van der Waals surface area contributed by atoms with E-state index in [1.165, 1.54) is 4.90 Å². The first kappa shape index (κ1) is 36.8. The minimum atomic E-state index is -1.11. The maximum atomic E-state index is 13.7. The van der Waals surface area contributed by atoms with Crippen LogP contribution in [-0.4, -0.2) is 115 Å². The summed E-state index contributed by atoms with van der Waals surface area (Å²) in [7, 11) is 0. The number of nitrogens with one attached hydrogen (secondary N) is 3. The molecular weight excluding hydrogens is 618 g/mol. The number of benzene rings is 1. The van der Waals surface area contributed by atoms with E-state index < -0.39 is 41.5 Å². The maximum Gasteiger partial charge on any atom is 0.404 e. The predicted octanol–water partition coefficient (Wildman–Crippen LogP) is 1.54. The number of aliphatic hydroxyl groups is 1.